The van der Waals surface area contributed by atoms with Gasteiger partial charge in [0.25, 0.3) is 0 Å². The molecule has 0 saturated carbocycles. The number of piperidine rings is 1. The van der Waals surface area contributed by atoms with E-state index in [4.69, 9.17) is 0 Å². The number of hydrogen-bond donors (Lipinski definition) is 1. The van der Waals surface area contributed by atoms with Crippen LogP contribution in [0.25, 0.3) is 0 Å². The van der Waals surface area contributed by atoms with Crippen LogP contribution in [0, 0.1) is 12.8 Å². The predicted molar refractivity (Wildman–Crippen MR) is 66.8 cm³/mol. The van der Waals surface area contributed by atoms with Crippen LogP contribution in [0.5, 0.6) is 0 Å². The van der Waals surface area contributed by atoms with Crippen molar-refractivity contribution < 1.29 is 5.11 Å². The minimum atomic E-state index is -0.142. The Morgan fingerprint density at radius 1 is 1.62 bits per heavy atom. The molecule has 2 rings (SSSR count). The molecule has 0 aliphatic carbocycles. The van der Waals surface area contributed by atoms with E-state index in [9.17, 15) is 5.11 Å². The summed E-state index contributed by atoms with van der Waals surface area (Å²) in [5, 5.41) is 9.81. The smallest absolute Gasteiger partial charge is 0.0797 e. The van der Waals surface area contributed by atoms with Crippen molar-refractivity contribution in [2.45, 2.75) is 32.8 Å². The summed E-state index contributed by atoms with van der Waals surface area (Å²) in [6.45, 7) is 7.20. The van der Waals surface area contributed by atoms with Gasteiger partial charge in [0.1, 0.15) is 0 Å². The first-order valence-corrected chi connectivity index (χ1v) is 6.84. The van der Waals surface area contributed by atoms with Crippen LogP contribution in [0.3, 0.4) is 0 Å². The first-order valence-electron chi connectivity index (χ1n) is 5.96. The van der Waals surface area contributed by atoms with Crippen molar-refractivity contribution in [2.24, 2.45) is 5.92 Å². The number of aromatic nitrogens is 1. The lowest BCUT2D eigenvalue weighted by Crippen LogP contribution is -2.43. The summed E-state index contributed by atoms with van der Waals surface area (Å²) in [6, 6.07) is 0. The van der Waals surface area contributed by atoms with Gasteiger partial charge in [-0.15, -0.1) is 11.3 Å². The van der Waals surface area contributed by atoms with E-state index >= 15 is 0 Å². The van der Waals surface area contributed by atoms with Crippen molar-refractivity contribution >= 4 is 11.3 Å². The van der Waals surface area contributed by atoms with E-state index in [2.05, 4.69) is 23.7 Å². The highest BCUT2D eigenvalue weighted by Gasteiger charge is 2.23. The standard InChI is InChI=1S/C12H20N2OS/c1-9-3-5-14(7-11(9)15)6-4-12-10(2)13-8-16-12/h8-9,11,15H,3-7H2,1-2H3. The maximum atomic E-state index is 9.81. The van der Waals surface area contributed by atoms with Crippen molar-refractivity contribution in [3.05, 3.63) is 16.1 Å². The molecule has 4 heteroatoms. The van der Waals surface area contributed by atoms with Gasteiger partial charge in [-0.2, -0.15) is 0 Å². The Morgan fingerprint density at radius 2 is 2.44 bits per heavy atom. The Hall–Kier alpha value is -0.450. The minimum Gasteiger partial charge on any atom is -0.392 e. The molecule has 1 aliphatic rings. The van der Waals surface area contributed by atoms with Crippen LogP contribution in [0.15, 0.2) is 5.51 Å². The number of aliphatic hydroxyl groups excluding tert-OH is 1. The van der Waals surface area contributed by atoms with Gasteiger partial charge >= 0.3 is 0 Å². The maximum Gasteiger partial charge on any atom is 0.0797 e. The lowest BCUT2D eigenvalue weighted by atomic mass is 9.96. The SMILES string of the molecule is Cc1ncsc1CCN1CCC(C)C(O)C1. The second-order valence-electron chi connectivity index (χ2n) is 4.74. The maximum absolute atomic E-state index is 9.81. The Labute approximate surface area is 101 Å². The summed E-state index contributed by atoms with van der Waals surface area (Å²) < 4.78 is 0. The topological polar surface area (TPSA) is 36.4 Å². The summed E-state index contributed by atoms with van der Waals surface area (Å²) in [4.78, 5) is 8.01. The third-order valence-corrected chi connectivity index (χ3v) is 4.50. The summed E-state index contributed by atoms with van der Waals surface area (Å²) in [5.74, 6) is 0.460. The molecule has 0 amide bonds. The third kappa shape index (κ3) is 2.81. The van der Waals surface area contributed by atoms with Gasteiger partial charge in [0.15, 0.2) is 0 Å². The number of thiazole rings is 1. The van der Waals surface area contributed by atoms with Crippen molar-refractivity contribution in [3.63, 3.8) is 0 Å². The van der Waals surface area contributed by atoms with Gasteiger partial charge in [-0.3, -0.25) is 0 Å². The molecule has 1 aromatic heterocycles. The largest absolute Gasteiger partial charge is 0.392 e. The number of likely N-dealkylation sites (tertiary alicyclic amines) is 1. The Balaban J connectivity index is 1.81. The van der Waals surface area contributed by atoms with E-state index in [1.165, 1.54) is 4.88 Å². The quantitative estimate of drug-likeness (QED) is 0.873. The second-order valence-corrected chi connectivity index (χ2v) is 5.68. The fourth-order valence-corrected chi connectivity index (χ4v) is 2.91. The van der Waals surface area contributed by atoms with E-state index in [1.807, 2.05) is 5.51 Å². The van der Waals surface area contributed by atoms with Gasteiger partial charge in [-0.05, 0) is 32.2 Å². The highest BCUT2D eigenvalue weighted by Crippen LogP contribution is 2.18. The normalized spacial score (nSPS) is 27.2. The summed E-state index contributed by atoms with van der Waals surface area (Å²) in [7, 11) is 0. The summed E-state index contributed by atoms with van der Waals surface area (Å²) >= 11 is 1.74. The van der Waals surface area contributed by atoms with Crippen LogP contribution in [-0.4, -0.2) is 40.7 Å². The number of aliphatic hydroxyl groups is 1. The number of aryl methyl sites for hydroxylation is 1. The Morgan fingerprint density at radius 3 is 3.06 bits per heavy atom. The molecule has 0 spiro atoms. The monoisotopic (exact) mass is 240 g/mol. The molecule has 1 fully saturated rings. The number of hydrogen-bond acceptors (Lipinski definition) is 4. The van der Waals surface area contributed by atoms with Gasteiger partial charge in [0.05, 0.1) is 17.3 Å². The predicted octanol–water partition coefficient (Wildman–Crippen LogP) is 1.70. The van der Waals surface area contributed by atoms with E-state index < -0.39 is 0 Å². The number of nitrogens with zero attached hydrogens (tertiary/aromatic N) is 2. The minimum absolute atomic E-state index is 0.142. The highest BCUT2D eigenvalue weighted by molar-refractivity contribution is 7.09. The molecule has 0 bridgehead atoms. The fourth-order valence-electron chi connectivity index (χ4n) is 2.14. The Kier molecular flexibility index (Phi) is 3.95. The van der Waals surface area contributed by atoms with Crippen LogP contribution in [0.1, 0.15) is 23.9 Å². The average Bonchev–Trinajstić information content (AvgIpc) is 2.66. The zero-order chi connectivity index (χ0) is 11.5. The average molecular weight is 240 g/mol. The van der Waals surface area contributed by atoms with E-state index in [0.717, 1.165) is 38.2 Å². The molecule has 3 nitrogen and oxygen atoms in total. The zero-order valence-corrected chi connectivity index (χ0v) is 10.8. The molecule has 2 heterocycles. The second kappa shape index (κ2) is 5.25. The molecule has 0 aromatic carbocycles. The molecule has 1 aromatic rings. The van der Waals surface area contributed by atoms with Crippen molar-refractivity contribution in [1.29, 1.82) is 0 Å². The van der Waals surface area contributed by atoms with Crippen molar-refractivity contribution in [2.75, 3.05) is 19.6 Å². The van der Waals surface area contributed by atoms with Crippen molar-refractivity contribution in [1.82, 2.24) is 9.88 Å². The van der Waals surface area contributed by atoms with E-state index in [0.29, 0.717) is 5.92 Å². The molecular weight excluding hydrogens is 220 g/mol. The van der Waals surface area contributed by atoms with Gasteiger partial charge in [0.2, 0.25) is 0 Å². The molecule has 1 aliphatic heterocycles. The number of β-amino-alcohol motifs (C(OH)–C–C–N with tert-alkyl or cyclic N) is 1. The molecular formula is C12H20N2OS. The first kappa shape index (κ1) is 12.0. The van der Waals surface area contributed by atoms with Crippen LogP contribution < -0.4 is 0 Å². The molecule has 2 atom stereocenters. The van der Waals surface area contributed by atoms with Crippen LogP contribution in [0.2, 0.25) is 0 Å². The molecule has 16 heavy (non-hydrogen) atoms. The molecule has 0 radical (unpaired) electrons. The van der Waals surface area contributed by atoms with E-state index in [-0.39, 0.29) is 6.10 Å². The third-order valence-electron chi connectivity index (χ3n) is 3.50. The molecule has 1 saturated heterocycles. The van der Waals surface area contributed by atoms with Gasteiger partial charge in [0, 0.05) is 18.0 Å². The van der Waals surface area contributed by atoms with Gasteiger partial charge in [-0.25, -0.2) is 4.98 Å². The fraction of sp³-hybridized carbons (Fsp3) is 0.750. The number of rotatable bonds is 3. The first-order chi connectivity index (χ1) is 7.66. The van der Waals surface area contributed by atoms with E-state index in [1.54, 1.807) is 11.3 Å². The lowest BCUT2D eigenvalue weighted by Gasteiger charge is -2.34. The van der Waals surface area contributed by atoms with Gasteiger partial charge < -0.3 is 10.0 Å². The Bertz CT molecular complexity index is 340. The van der Waals surface area contributed by atoms with Gasteiger partial charge in [-0.1, -0.05) is 6.92 Å². The van der Waals surface area contributed by atoms with Crippen LogP contribution >= 0.6 is 11.3 Å². The van der Waals surface area contributed by atoms with Crippen LogP contribution in [0.4, 0.5) is 0 Å². The molecule has 2 unspecified atom stereocenters. The summed E-state index contributed by atoms with van der Waals surface area (Å²) in [6.07, 6.45) is 2.04. The molecule has 1 N–H and O–H groups in total. The lowest BCUT2D eigenvalue weighted by molar-refractivity contribution is 0.0298. The molecule has 90 valence electrons. The van der Waals surface area contributed by atoms with Crippen LogP contribution in [-0.2, 0) is 6.42 Å². The highest BCUT2D eigenvalue weighted by atomic mass is 32.1. The summed E-state index contributed by atoms with van der Waals surface area (Å²) in [5.41, 5.74) is 3.08. The zero-order valence-electron chi connectivity index (χ0n) is 10.0. The van der Waals surface area contributed by atoms with Crippen molar-refractivity contribution in [3.8, 4) is 0 Å².